The highest BCUT2D eigenvalue weighted by Gasteiger charge is 2.11. The molecule has 6 nitrogen and oxygen atoms in total. The van der Waals surface area contributed by atoms with Gasteiger partial charge in [-0.2, -0.15) is 0 Å². The van der Waals surface area contributed by atoms with Gasteiger partial charge in [0.1, 0.15) is 0 Å². The molecule has 0 aliphatic heterocycles. The van der Waals surface area contributed by atoms with E-state index < -0.39 is 0 Å². The molecule has 0 aliphatic rings. The molecule has 25 heavy (non-hydrogen) atoms. The van der Waals surface area contributed by atoms with E-state index in [2.05, 4.69) is 20.8 Å². The van der Waals surface area contributed by atoms with Crippen LogP contribution in [0, 0.1) is 0 Å². The summed E-state index contributed by atoms with van der Waals surface area (Å²) >= 11 is 5.97. The van der Waals surface area contributed by atoms with Gasteiger partial charge in [0.2, 0.25) is 0 Å². The third-order valence-corrected chi connectivity index (χ3v) is 4.04. The monoisotopic (exact) mass is 355 g/mol. The molecule has 1 amide bonds. The highest BCUT2D eigenvalue weighted by molar-refractivity contribution is 6.30. The van der Waals surface area contributed by atoms with Gasteiger partial charge in [-0.3, -0.25) is 4.79 Å². The molecule has 2 aromatic carbocycles. The molecule has 0 saturated heterocycles. The Hall–Kier alpha value is -2.73. The number of tetrazole rings is 1. The van der Waals surface area contributed by atoms with Crippen molar-refractivity contribution in [3.63, 3.8) is 0 Å². The molecule has 128 valence electrons. The van der Waals surface area contributed by atoms with Gasteiger partial charge < -0.3 is 5.32 Å². The van der Waals surface area contributed by atoms with E-state index in [1.807, 2.05) is 43.3 Å². The summed E-state index contributed by atoms with van der Waals surface area (Å²) in [6, 6.07) is 14.9. The molecule has 1 heterocycles. The van der Waals surface area contributed by atoms with Gasteiger partial charge in [-0.1, -0.05) is 35.9 Å². The van der Waals surface area contributed by atoms with Crippen LogP contribution in [-0.2, 0) is 13.0 Å². The minimum Gasteiger partial charge on any atom is -0.352 e. The molecule has 0 aliphatic carbocycles. The Bertz CT molecular complexity index is 877. The van der Waals surface area contributed by atoms with Crippen molar-refractivity contribution in [2.24, 2.45) is 0 Å². The standard InChI is InChI=1S/C18H18ClN5O/c1-2-24-17(21-22-23-24)14-6-4-7-15(12-14)18(25)20-10-9-13-5-3-8-16(19)11-13/h3-8,11-12H,2,9-10H2,1H3,(H,20,25). The van der Waals surface area contributed by atoms with Crippen molar-refractivity contribution >= 4 is 17.5 Å². The molecule has 0 atom stereocenters. The minimum absolute atomic E-state index is 0.126. The number of rotatable bonds is 6. The van der Waals surface area contributed by atoms with Crippen molar-refractivity contribution in [3.05, 3.63) is 64.7 Å². The average molecular weight is 356 g/mol. The lowest BCUT2D eigenvalue weighted by molar-refractivity contribution is 0.0954. The number of carbonyl (C=O) groups is 1. The van der Waals surface area contributed by atoms with Crippen LogP contribution >= 0.6 is 11.6 Å². The summed E-state index contributed by atoms with van der Waals surface area (Å²) < 4.78 is 1.69. The summed E-state index contributed by atoms with van der Waals surface area (Å²) in [5.41, 5.74) is 2.48. The van der Waals surface area contributed by atoms with E-state index in [-0.39, 0.29) is 5.91 Å². The molecule has 3 rings (SSSR count). The minimum atomic E-state index is -0.126. The lowest BCUT2D eigenvalue weighted by Gasteiger charge is -2.07. The predicted molar refractivity (Wildman–Crippen MR) is 96.4 cm³/mol. The second-order valence-corrected chi connectivity index (χ2v) is 5.97. The van der Waals surface area contributed by atoms with E-state index in [0.717, 1.165) is 17.5 Å². The molecule has 0 spiro atoms. The molecular formula is C18H18ClN5O. The molecule has 0 unspecified atom stereocenters. The lowest BCUT2D eigenvalue weighted by atomic mass is 10.1. The summed E-state index contributed by atoms with van der Waals surface area (Å²) in [7, 11) is 0. The summed E-state index contributed by atoms with van der Waals surface area (Å²) in [5, 5.41) is 15.3. The third-order valence-electron chi connectivity index (χ3n) is 3.80. The van der Waals surface area contributed by atoms with Crippen molar-refractivity contribution < 1.29 is 4.79 Å². The highest BCUT2D eigenvalue weighted by Crippen LogP contribution is 2.17. The Morgan fingerprint density at radius 3 is 2.84 bits per heavy atom. The first-order valence-corrected chi connectivity index (χ1v) is 8.44. The summed E-state index contributed by atoms with van der Waals surface area (Å²) in [6.45, 7) is 3.17. The van der Waals surface area contributed by atoms with Crippen molar-refractivity contribution in [1.82, 2.24) is 25.5 Å². The maximum Gasteiger partial charge on any atom is 0.251 e. The van der Waals surface area contributed by atoms with Crippen LogP contribution in [0.5, 0.6) is 0 Å². The fraction of sp³-hybridized carbons (Fsp3) is 0.222. The van der Waals surface area contributed by atoms with E-state index in [4.69, 9.17) is 11.6 Å². The number of aromatic nitrogens is 4. The van der Waals surface area contributed by atoms with Crippen molar-refractivity contribution in [2.45, 2.75) is 19.9 Å². The number of carbonyl (C=O) groups excluding carboxylic acids is 1. The lowest BCUT2D eigenvalue weighted by Crippen LogP contribution is -2.25. The van der Waals surface area contributed by atoms with E-state index in [9.17, 15) is 4.79 Å². The van der Waals surface area contributed by atoms with E-state index in [1.54, 1.807) is 16.8 Å². The smallest absolute Gasteiger partial charge is 0.251 e. The number of amides is 1. The van der Waals surface area contributed by atoms with Gasteiger partial charge in [0.05, 0.1) is 0 Å². The Balaban J connectivity index is 1.65. The van der Waals surface area contributed by atoms with E-state index in [1.165, 1.54) is 0 Å². The number of halogens is 1. The predicted octanol–water partition coefficient (Wildman–Crippen LogP) is 2.99. The highest BCUT2D eigenvalue weighted by atomic mass is 35.5. The van der Waals surface area contributed by atoms with Gasteiger partial charge in [0, 0.05) is 29.2 Å². The van der Waals surface area contributed by atoms with Gasteiger partial charge in [-0.15, -0.1) is 5.10 Å². The zero-order chi connectivity index (χ0) is 17.6. The number of aryl methyl sites for hydroxylation is 1. The fourth-order valence-electron chi connectivity index (χ4n) is 2.54. The molecule has 0 saturated carbocycles. The van der Waals surface area contributed by atoms with Crippen LogP contribution in [0.25, 0.3) is 11.4 Å². The summed E-state index contributed by atoms with van der Waals surface area (Å²) in [6.07, 6.45) is 0.722. The van der Waals surface area contributed by atoms with Crippen molar-refractivity contribution in [3.8, 4) is 11.4 Å². The zero-order valence-electron chi connectivity index (χ0n) is 13.8. The normalized spacial score (nSPS) is 10.6. The molecule has 1 aromatic heterocycles. The van der Waals surface area contributed by atoms with Crippen LogP contribution in [-0.4, -0.2) is 32.7 Å². The van der Waals surface area contributed by atoms with E-state index in [0.29, 0.717) is 29.5 Å². The van der Waals surface area contributed by atoms with Crippen molar-refractivity contribution in [1.29, 1.82) is 0 Å². The van der Waals surface area contributed by atoms with Crippen molar-refractivity contribution in [2.75, 3.05) is 6.54 Å². The molecule has 3 aromatic rings. The van der Waals surface area contributed by atoms with Crippen LogP contribution in [0.3, 0.4) is 0 Å². The number of hydrogen-bond acceptors (Lipinski definition) is 4. The van der Waals surface area contributed by atoms with Gasteiger partial charge >= 0.3 is 0 Å². The number of hydrogen-bond donors (Lipinski definition) is 1. The Morgan fingerprint density at radius 1 is 1.20 bits per heavy atom. The first-order chi connectivity index (χ1) is 12.2. The van der Waals surface area contributed by atoms with Crippen LogP contribution in [0.15, 0.2) is 48.5 Å². The number of nitrogens with zero attached hydrogens (tertiary/aromatic N) is 4. The fourth-order valence-corrected chi connectivity index (χ4v) is 2.75. The van der Waals surface area contributed by atoms with Crippen LogP contribution in [0.4, 0.5) is 0 Å². The maximum atomic E-state index is 12.4. The molecule has 0 radical (unpaired) electrons. The average Bonchev–Trinajstić information content (AvgIpc) is 3.10. The van der Waals surface area contributed by atoms with Gasteiger partial charge in [-0.05, 0) is 53.6 Å². The molecular weight excluding hydrogens is 338 g/mol. The topological polar surface area (TPSA) is 72.7 Å². The first kappa shape index (κ1) is 17.1. The van der Waals surface area contributed by atoms with Gasteiger partial charge in [0.25, 0.3) is 5.91 Å². The first-order valence-electron chi connectivity index (χ1n) is 8.06. The Kier molecular flexibility index (Phi) is 5.40. The number of nitrogens with one attached hydrogen (secondary N) is 1. The van der Waals surface area contributed by atoms with Crippen LogP contribution < -0.4 is 5.32 Å². The second-order valence-electron chi connectivity index (χ2n) is 5.53. The van der Waals surface area contributed by atoms with Gasteiger partial charge in [-0.25, -0.2) is 4.68 Å². The molecule has 0 bridgehead atoms. The van der Waals surface area contributed by atoms with Crippen LogP contribution in [0.1, 0.15) is 22.8 Å². The summed E-state index contributed by atoms with van der Waals surface area (Å²) in [5.74, 6) is 0.524. The number of benzene rings is 2. The maximum absolute atomic E-state index is 12.4. The van der Waals surface area contributed by atoms with Gasteiger partial charge in [0.15, 0.2) is 5.82 Å². The third kappa shape index (κ3) is 4.22. The molecule has 7 heteroatoms. The Morgan fingerprint density at radius 2 is 2.04 bits per heavy atom. The Labute approximate surface area is 150 Å². The zero-order valence-corrected chi connectivity index (χ0v) is 14.6. The molecule has 0 fully saturated rings. The quantitative estimate of drug-likeness (QED) is 0.737. The summed E-state index contributed by atoms with van der Waals surface area (Å²) in [4.78, 5) is 12.4. The second kappa shape index (κ2) is 7.90. The van der Waals surface area contributed by atoms with E-state index >= 15 is 0 Å². The van der Waals surface area contributed by atoms with Crippen LogP contribution in [0.2, 0.25) is 5.02 Å². The SMILES string of the molecule is CCn1nnnc1-c1cccc(C(=O)NCCc2cccc(Cl)c2)c1. The largest absolute Gasteiger partial charge is 0.352 e. The molecule has 1 N–H and O–H groups in total.